The highest BCUT2D eigenvalue weighted by atomic mass is 16.6. The SMILES string of the molecule is COC(=O)c1cccc2c1CC(NC(=O)OC(C)(C)C)C2. The topological polar surface area (TPSA) is 64.6 Å². The quantitative estimate of drug-likeness (QED) is 0.850. The van der Waals surface area contributed by atoms with Gasteiger partial charge in [0.05, 0.1) is 12.7 Å². The Morgan fingerprint density at radius 2 is 1.95 bits per heavy atom. The molecule has 0 saturated heterocycles. The van der Waals surface area contributed by atoms with Gasteiger partial charge < -0.3 is 14.8 Å². The van der Waals surface area contributed by atoms with Gasteiger partial charge in [0.1, 0.15) is 5.60 Å². The second-order valence-corrected chi connectivity index (χ2v) is 6.19. The summed E-state index contributed by atoms with van der Waals surface area (Å²) >= 11 is 0. The molecule has 1 aromatic rings. The van der Waals surface area contributed by atoms with Gasteiger partial charge in [-0.05, 0) is 50.8 Å². The van der Waals surface area contributed by atoms with Crippen molar-refractivity contribution in [2.45, 2.75) is 45.3 Å². The van der Waals surface area contributed by atoms with Crippen LogP contribution in [0.15, 0.2) is 18.2 Å². The van der Waals surface area contributed by atoms with Crippen molar-refractivity contribution in [3.8, 4) is 0 Å². The molecule has 0 heterocycles. The van der Waals surface area contributed by atoms with Crippen molar-refractivity contribution in [2.75, 3.05) is 7.11 Å². The van der Waals surface area contributed by atoms with Crippen molar-refractivity contribution in [2.24, 2.45) is 0 Å². The molecule has 21 heavy (non-hydrogen) atoms. The van der Waals surface area contributed by atoms with E-state index in [1.807, 2.05) is 32.9 Å². The summed E-state index contributed by atoms with van der Waals surface area (Å²) in [4.78, 5) is 23.6. The van der Waals surface area contributed by atoms with E-state index in [2.05, 4.69) is 5.32 Å². The van der Waals surface area contributed by atoms with E-state index >= 15 is 0 Å². The minimum atomic E-state index is -0.521. The highest BCUT2D eigenvalue weighted by Gasteiger charge is 2.28. The van der Waals surface area contributed by atoms with Crippen molar-refractivity contribution in [1.82, 2.24) is 5.32 Å². The average molecular weight is 291 g/mol. The van der Waals surface area contributed by atoms with Crippen LogP contribution in [0, 0.1) is 0 Å². The lowest BCUT2D eigenvalue weighted by atomic mass is 10.0. The molecule has 0 fully saturated rings. The summed E-state index contributed by atoms with van der Waals surface area (Å²) in [6, 6.07) is 5.50. The number of rotatable bonds is 2. The fraction of sp³-hybridized carbons (Fsp3) is 0.500. The molecule has 1 N–H and O–H groups in total. The van der Waals surface area contributed by atoms with E-state index < -0.39 is 11.7 Å². The Hall–Kier alpha value is -2.04. The highest BCUT2D eigenvalue weighted by molar-refractivity contribution is 5.91. The Morgan fingerprint density at radius 3 is 2.57 bits per heavy atom. The average Bonchev–Trinajstić information content (AvgIpc) is 2.77. The van der Waals surface area contributed by atoms with E-state index in [4.69, 9.17) is 9.47 Å². The molecular weight excluding hydrogens is 270 g/mol. The zero-order valence-electron chi connectivity index (χ0n) is 12.9. The number of amides is 1. The molecule has 0 saturated carbocycles. The van der Waals surface area contributed by atoms with Gasteiger partial charge in [0.25, 0.3) is 0 Å². The molecule has 0 spiro atoms. The van der Waals surface area contributed by atoms with E-state index in [-0.39, 0.29) is 12.0 Å². The van der Waals surface area contributed by atoms with Gasteiger partial charge in [0, 0.05) is 6.04 Å². The van der Waals surface area contributed by atoms with Crippen LogP contribution < -0.4 is 5.32 Å². The molecule has 1 unspecified atom stereocenters. The fourth-order valence-corrected chi connectivity index (χ4v) is 2.53. The monoisotopic (exact) mass is 291 g/mol. The Kier molecular flexibility index (Phi) is 4.21. The van der Waals surface area contributed by atoms with Gasteiger partial charge in [-0.1, -0.05) is 12.1 Å². The second-order valence-electron chi connectivity index (χ2n) is 6.19. The van der Waals surface area contributed by atoms with E-state index in [0.717, 1.165) is 11.1 Å². The standard InChI is InChI=1S/C16H21NO4/c1-16(2,3)21-15(19)17-11-8-10-6-5-7-12(13(10)9-11)14(18)20-4/h5-7,11H,8-9H2,1-4H3,(H,17,19). The van der Waals surface area contributed by atoms with Crippen molar-refractivity contribution < 1.29 is 19.1 Å². The Bertz CT molecular complexity index is 560. The molecule has 1 aromatic carbocycles. The molecule has 5 nitrogen and oxygen atoms in total. The van der Waals surface area contributed by atoms with Crippen LogP contribution in [0.4, 0.5) is 4.79 Å². The number of carbonyl (C=O) groups excluding carboxylic acids is 2. The molecule has 2 rings (SSSR count). The van der Waals surface area contributed by atoms with Crippen molar-refractivity contribution in [1.29, 1.82) is 0 Å². The van der Waals surface area contributed by atoms with Gasteiger partial charge in [-0.2, -0.15) is 0 Å². The highest BCUT2D eigenvalue weighted by Crippen LogP contribution is 2.26. The normalized spacial score (nSPS) is 17.0. The van der Waals surface area contributed by atoms with Crippen LogP contribution in [0.25, 0.3) is 0 Å². The predicted molar refractivity (Wildman–Crippen MR) is 78.3 cm³/mol. The zero-order valence-corrected chi connectivity index (χ0v) is 12.9. The van der Waals surface area contributed by atoms with Crippen LogP contribution in [0.5, 0.6) is 0 Å². The minimum Gasteiger partial charge on any atom is -0.465 e. The maximum Gasteiger partial charge on any atom is 0.407 e. The summed E-state index contributed by atoms with van der Waals surface area (Å²) < 4.78 is 10.0. The molecule has 0 radical (unpaired) electrons. The maximum absolute atomic E-state index is 11.8. The molecular formula is C16H21NO4. The Labute approximate surface area is 124 Å². The molecule has 0 aliphatic heterocycles. The smallest absolute Gasteiger partial charge is 0.407 e. The van der Waals surface area contributed by atoms with E-state index in [1.165, 1.54) is 7.11 Å². The molecule has 1 aliphatic carbocycles. The number of hydrogen-bond donors (Lipinski definition) is 1. The van der Waals surface area contributed by atoms with Gasteiger partial charge in [0.2, 0.25) is 0 Å². The van der Waals surface area contributed by atoms with E-state index in [1.54, 1.807) is 6.07 Å². The lowest BCUT2D eigenvalue weighted by molar-refractivity contribution is 0.0506. The van der Waals surface area contributed by atoms with Crippen LogP contribution in [0.2, 0.25) is 0 Å². The summed E-state index contributed by atoms with van der Waals surface area (Å²) in [5.74, 6) is -0.343. The number of fused-ring (bicyclic) bond motifs is 1. The van der Waals surface area contributed by atoms with Crippen molar-refractivity contribution in [3.63, 3.8) is 0 Å². The lowest BCUT2D eigenvalue weighted by Crippen LogP contribution is -2.39. The number of carbonyl (C=O) groups is 2. The van der Waals surface area contributed by atoms with Crippen LogP contribution in [-0.4, -0.2) is 30.8 Å². The summed E-state index contributed by atoms with van der Waals surface area (Å²) in [6.45, 7) is 5.47. The summed E-state index contributed by atoms with van der Waals surface area (Å²) in [5.41, 5.74) is 2.07. The Morgan fingerprint density at radius 1 is 1.24 bits per heavy atom. The first-order valence-electron chi connectivity index (χ1n) is 6.99. The molecule has 1 atom stereocenters. The minimum absolute atomic E-state index is 0.0549. The van der Waals surface area contributed by atoms with Crippen molar-refractivity contribution in [3.05, 3.63) is 34.9 Å². The number of benzene rings is 1. The number of ether oxygens (including phenoxy) is 2. The first-order chi connectivity index (χ1) is 9.80. The van der Waals surface area contributed by atoms with E-state index in [0.29, 0.717) is 18.4 Å². The molecule has 5 heteroatoms. The van der Waals surface area contributed by atoms with Gasteiger partial charge in [-0.15, -0.1) is 0 Å². The second kappa shape index (κ2) is 5.76. The molecule has 114 valence electrons. The van der Waals surface area contributed by atoms with Gasteiger partial charge >= 0.3 is 12.1 Å². The number of alkyl carbamates (subject to hydrolysis) is 1. The van der Waals surface area contributed by atoms with Crippen LogP contribution in [0.3, 0.4) is 0 Å². The molecule has 1 amide bonds. The number of hydrogen-bond acceptors (Lipinski definition) is 4. The fourth-order valence-electron chi connectivity index (χ4n) is 2.53. The maximum atomic E-state index is 11.8. The van der Waals surface area contributed by atoms with Crippen molar-refractivity contribution >= 4 is 12.1 Å². The van der Waals surface area contributed by atoms with Crippen LogP contribution in [-0.2, 0) is 22.3 Å². The van der Waals surface area contributed by atoms with Gasteiger partial charge in [0.15, 0.2) is 0 Å². The lowest BCUT2D eigenvalue weighted by Gasteiger charge is -2.21. The largest absolute Gasteiger partial charge is 0.465 e. The molecule has 1 aliphatic rings. The third kappa shape index (κ3) is 3.74. The van der Waals surface area contributed by atoms with Gasteiger partial charge in [-0.3, -0.25) is 0 Å². The predicted octanol–water partition coefficient (Wildman–Crippen LogP) is 2.47. The van der Waals surface area contributed by atoms with Gasteiger partial charge in [-0.25, -0.2) is 9.59 Å². The third-order valence-corrected chi connectivity index (χ3v) is 3.32. The molecule has 0 bridgehead atoms. The Balaban J connectivity index is 2.06. The number of esters is 1. The molecule has 0 aromatic heterocycles. The first-order valence-corrected chi connectivity index (χ1v) is 6.99. The zero-order chi connectivity index (χ0) is 15.6. The van der Waals surface area contributed by atoms with Crippen LogP contribution in [0.1, 0.15) is 42.3 Å². The first kappa shape index (κ1) is 15.4. The number of nitrogens with one attached hydrogen (secondary N) is 1. The summed E-state index contributed by atoms with van der Waals surface area (Å²) in [5, 5.41) is 2.85. The summed E-state index contributed by atoms with van der Waals surface area (Å²) in [7, 11) is 1.37. The summed E-state index contributed by atoms with van der Waals surface area (Å²) in [6.07, 6.45) is 0.874. The van der Waals surface area contributed by atoms with E-state index in [9.17, 15) is 9.59 Å². The number of methoxy groups -OCH3 is 1. The third-order valence-electron chi connectivity index (χ3n) is 3.32. The van der Waals surface area contributed by atoms with Crippen LogP contribution >= 0.6 is 0 Å².